The number of carboxylic acid groups (broad SMARTS) is 1. The van der Waals surface area contributed by atoms with E-state index in [9.17, 15) is 14.7 Å². The van der Waals surface area contributed by atoms with Crippen molar-refractivity contribution in [2.45, 2.75) is 59.0 Å². The highest BCUT2D eigenvalue weighted by molar-refractivity contribution is 5.79. The van der Waals surface area contributed by atoms with Gasteiger partial charge in [-0.25, -0.2) is 9.89 Å². The normalized spacial score (nSPS) is 19.0. The fraction of sp³-hybridized carbons (Fsp3) is 0.429. The highest BCUT2D eigenvalue weighted by atomic mass is 16.4. The average molecular weight is 516 g/mol. The average Bonchev–Trinajstić information content (AvgIpc) is 3.52. The van der Waals surface area contributed by atoms with Crippen molar-refractivity contribution in [3.63, 3.8) is 0 Å². The number of imidazole rings is 1. The molecule has 0 spiro atoms. The number of unbranched alkanes of at least 4 members (excludes halogenated alkanes) is 1. The molecule has 3 aromatic heterocycles. The van der Waals surface area contributed by atoms with Gasteiger partial charge in [0.2, 0.25) is 0 Å². The molecule has 3 atom stereocenters. The molecule has 0 amide bonds. The summed E-state index contributed by atoms with van der Waals surface area (Å²) in [5.74, 6) is -0.323. The highest BCUT2D eigenvalue weighted by Gasteiger charge is 2.48. The predicted octanol–water partition coefficient (Wildman–Crippen LogP) is 4.20. The molecule has 0 saturated heterocycles. The van der Waals surface area contributed by atoms with E-state index in [0.717, 1.165) is 47.3 Å². The lowest BCUT2D eigenvalue weighted by Crippen LogP contribution is -2.48. The molecule has 1 saturated carbocycles. The van der Waals surface area contributed by atoms with E-state index in [0.29, 0.717) is 24.7 Å². The molecule has 2 N–H and O–H groups in total. The number of hydrogen-bond acceptors (Lipinski definition) is 6. The lowest BCUT2D eigenvalue weighted by Gasteiger charge is -2.45. The number of aromatic nitrogens is 7. The van der Waals surface area contributed by atoms with Crippen molar-refractivity contribution in [3.05, 3.63) is 70.7 Å². The number of carbonyl (C=O) groups is 1. The largest absolute Gasteiger partial charge is 0.481 e. The van der Waals surface area contributed by atoms with Crippen LogP contribution in [0.1, 0.15) is 57.5 Å². The topological polar surface area (TPSA) is 132 Å². The molecule has 1 fully saturated rings. The number of carboxylic acids is 1. The molecule has 3 unspecified atom stereocenters. The van der Waals surface area contributed by atoms with Crippen molar-refractivity contribution < 1.29 is 9.90 Å². The molecule has 1 aliphatic carbocycles. The minimum absolute atomic E-state index is 0.160. The van der Waals surface area contributed by atoms with Crippen LogP contribution in [0.4, 0.5) is 0 Å². The van der Waals surface area contributed by atoms with E-state index >= 15 is 0 Å². The fourth-order valence-electron chi connectivity index (χ4n) is 5.53. The van der Waals surface area contributed by atoms with Gasteiger partial charge in [0.1, 0.15) is 0 Å². The quantitative estimate of drug-likeness (QED) is 0.323. The minimum atomic E-state index is -0.833. The second-order valence-electron chi connectivity index (χ2n) is 10.4. The Morgan fingerprint density at radius 1 is 1.18 bits per heavy atom. The molecule has 10 heteroatoms. The molecule has 5 rings (SSSR count). The molecule has 38 heavy (non-hydrogen) atoms. The van der Waals surface area contributed by atoms with Crippen LogP contribution in [0.25, 0.3) is 22.5 Å². The molecule has 0 aliphatic heterocycles. The zero-order chi connectivity index (χ0) is 26.8. The van der Waals surface area contributed by atoms with Gasteiger partial charge in [0.15, 0.2) is 5.82 Å². The third-order valence-electron chi connectivity index (χ3n) is 7.73. The number of aryl methyl sites for hydroxylation is 1. The van der Waals surface area contributed by atoms with Crippen LogP contribution in [0, 0.1) is 17.8 Å². The first-order chi connectivity index (χ1) is 18.4. The summed E-state index contributed by atoms with van der Waals surface area (Å²) in [7, 11) is 0. The first-order valence-corrected chi connectivity index (χ1v) is 13.2. The molecule has 198 valence electrons. The van der Waals surface area contributed by atoms with Crippen LogP contribution >= 0.6 is 0 Å². The summed E-state index contributed by atoms with van der Waals surface area (Å²) in [5, 5.41) is 24.0. The van der Waals surface area contributed by atoms with Gasteiger partial charge in [-0.3, -0.25) is 18.9 Å². The number of nitrogens with zero attached hydrogens (tertiary/aromatic N) is 6. The van der Waals surface area contributed by atoms with E-state index in [4.69, 9.17) is 0 Å². The van der Waals surface area contributed by atoms with Crippen LogP contribution < -0.4 is 5.69 Å². The van der Waals surface area contributed by atoms with Gasteiger partial charge in [0.25, 0.3) is 0 Å². The number of aliphatic carboxylic acids is 1. The zero-order valence-electron chi connectivity index (χ0n) is 21.9. The van der Waals surface area contributed by atoms with E-state index in [1.807, 2.05) is 42.6 Å². The Hall–Kier alpha value is -4.08. The maximum atomic E-state index is 13.7. The Morgan fingerprint density at radius 3 is 2.61 bits per heavy atom. The van der Waals surface area contributed by atoms with Crippen LogP contribution in [-0.4, -0.2) is 45.8 Å². The Kier molecular flexibility index (Phi) is 7.22. The zero-order valence-corrected chi connectivity index (χ0v) is 21.9. The van der Waals surface area contributed by atoms with E-state index in [1.165, 1.54) is 0 Å². The van der Waals surface area contributed by atoms with Gasteiger partial charge in [-0.2, -0.15) is 0 Å². The van der Waals surface area contributed by atoms with Gasteiger partial charge in [0.05, 0.1) is 24.2 Å². The molecule has 1 aromatic carbocycles. The Bertz CT molecular complexity index is 1450. The number of aromatic amines is 1. The molecule has 4 aromatic rings. The summed E-state index contributed by atoms with van der Waals surface area (Å²) in [6.45, 7) is 6.64. The minimum Gasteiger partial charge on any atom is -0.481 e. The highest BCUT2D eigenvalue weighted by Crippen LogP contribution is 2.48. The fourth-order valence-corrected chi connectivity index (χ4v) is 5.53. The Morgan fingerprint density at radius 2 is 1.97 bits per heavy atom. The van der Waals surface area contributed by atoms with E-state index < -0.39 is 11.9 Å². The smallest absolute Gasteiger partial charge is 0.328 e. The van der Waals surface area contributed by atoms with Gasteiger partial charge < -0.3 is 5.11 Å². The second kappa shape index (κ2) is 10.7. The standard InChI is InChI=1S/C28H33N7O3/c1-4-5-8-20-16-35(25-23(17(2)3)13-24(25)27(36)37)28(38)34(20)15-19-12-11-18(14-29-19)21-9-6-7-10-22(21)26-30-32-33-31-26/h6-7,9-12,14,16-17,23-25H,4-5,8,13,15H2,1-3H3,(H,36,37)(H,30,31,32,33). The molecule has 3 heterocycles. The third-order valence-corrected chi connectivity index (χ3v) is 7.73. The van der Waals surface area contributed by atoms with Crippen molar-refractivity contribution in [2.75, 3.05) is 0 Å². The number of hydrogen-bond donors (Lipinski definition) is 2. The molecular formula is C28H33N7O3. The maximum absolute atomic E-state index is 13.7. The van der Waals surface area contributed by atoms with Crippen LogP contribution in [0.3, 0.4) is 0 Å². The summed E-state index contributed by atoms with van der Waals surface area (Å²) in [6.07, 6.45) is 7.00. The van der Waals surface area contributed by atoms with Crippen LogP contribution in [0.2, 0.25) is 0 Å². The van der Waals surface area contributed by atoms with Crippen molar-refractivity contribution in [2.24, 2.45) is 17.8 Å². The van der Waals surface area contributed by atoms with Crippen LogP contribution in [0.15, 0.2) is 53.6 Å². The number of pyridine rings is 1. The lowest BCUT2D eigenvalue weighted by atomic mass is 9.65. The number of H-pyrrole nitrogens is 1. The third kappa shape index (κ3) is 4.78. The van der Waals surface area contributed by atoms with Gasteiger partial charge in [-0.15, -0.1) is 5.10 Å². The first kappa shape index (κ1) is 25.6. The summed E-state index contributed by atoms with van der Waals surface area (Å²) < 4.78 is 3.45. The number of benzene rings is 1. The Balaban J connectivity index is 1.46. The van der Waals surface area contributed by atoms with E-state index in [2.05, 4.69) is 46.4 Å². The lowest BCUT2D eigenvalue weighted by molar-refractivity contribution is -0.151. The number of rotatable bonds is 10. The first-order valence-electron chi connectivity index (χ1n) is 13.2. The van der Waals surface area contributed by atoms with E-state index in [-0.39, 0.29) is 17.6 Å². The summed E-state index contributed by atoms with van der Waals surface area (Å²) in [4.78, 5) is 30.3. The molecule has 0 bridgehead atoms. The van der Waals surface area contributed by atoms with Crippen molar-refractivity contribution in [1.82, 2.24) is 34.7 Å². The van der Waals surface area contributed by atoms with Gasteiger partial charge in [0, 0.05) is 29.2 Å². The van der Waals surface area contributed by atoms with Crippen molar-refractivity contribution in [1.29, 1.82) is 0 Å². The maximum Gasteiger partial charge on any atom is 0.328 e. The molecule has 1 aliphatic rings. The monoisotopic (exact) mass is 515 g/mol. The van der Waals surface area contributed by atoms with Crippen LogP contribution in [0.5, 0.6) is 0 Å². The number of nitrogens with one attached hydrogen (secondary N) is 1. The van der Waals surface area contributed by atoms with Crippen molar-refractivity contribution in [3.8, 4) is 22.5 Å². The number of tetrazole rings is 1. The van der Waals surface area contributed by atoms with Gasteiger partial charge in [-0.1, -0.05) is 57.5 Å². The van der Waals surface area contributed by atoms with Crippen LogP contribution in [-0.2, 0) is 17.8 Å². The summed E-state index contributed by atoms with van der Waals surface area (Å²) in [6, 6.07) is 11.4. The summed E-state index contributed by atoms with van der Waals surface area (Å²) >= 11 is 0. The SMILES string of the molecule is CCCCc1cn(C2C(C(=O)O)CC2C(C)C)c(=O)n1Cc1ccc(-c2ccccc2-c2nnn[nH]2)cn1. The van der Waals surface area contributed by atoms with E-state index in [1.54, 1.807) is 15.3 Å². The summed E-state index contributed by atoms with van der Waals surface area (Å²) in [5.41, 5.74) is 4.25. The predicted molar refractivity (Wildman–Crippen MR) is 142 cm³/mol. The molecule has 10 nitrogen and oxygen atoms in total. The molecular weight excluding hydrogens is 482 g/mol. The second-order valence-corrected chi connectivity index (χ2v) is 10.4. The van der Waals surface area contributed by atoms with Gasteiger partial charge >= 0.3 is 11.7 Å². The van der Waals surface area contributed by atoms with Gasteiger partial charge in [-0.05, 0) is 53.2 Å². The molecule has 0 radical (unpaired) electrons. The van der Waals surface area contributed by atoms with Crippen molar-refractivity contribution >= 4 is 5.97 Å². The Labute approximate surface area is 220 Å².